The molecule has 0 bridgehead atoms. The van der Waals surface area contributed by atoms with Crippen molar-refractivity contribution in [3.05, 3.63) is 22.1 Å². The first-order valence-electron chi connectivity index (χ1n) is 8.90. The molecule has 2 aliphatic heterocycles. The van der Waals surface area contributed by atoms with Crippen molar-refractivity contribution in [2.75, 3.05) is 63.9 Å². The van der Waals surface area contributed by atoms with Crippen LogP contribution < -0.4 is 10.5 Å². The van der Waals surface area contributed by atoms with Crippen molar-refractivity contribution in [3.8, 4) is 0 Å². The smallest absolute Gasteiger partial charge is 0.288 e. The quantitative estimate of drug-likeness (QED) is 0.729. The lowest BCUT2D eigenvalue weighted by atomic mass is 10.2. The van der Waals surface area contributed by atoms with E-state index in [1.54, 1.807) is 4.90 Å². The fourth-order valence-electron chi connectivity index (χ4n) is 3.24. The van der Waals surface area contributed by atoms with Gasteiger partial charge in [-0.3, -0.25) is 9.59 Å². The van der Waals surface area contributed by atoms with Crippen LogP contribution in [0.25, 0.3) is 4.96 Å². The average Bonchev–Trinajstić information content (AvgIpc) is 3.14. The summed E-state index contributed by atoms with van der Waals surface area (Å²) in [7, 11) is 0. The number of nitrogens with zero attached hydrogens (tertiary/aromatic N) is 6. The molecule has 140 valence electrons. The van der Waals surface area contributed by atoms with Crippen molar-refractivity contribution in [3.63, 3.8) is 0 Å². The van der Waals surface area contributed by atoms with E-state index < -0.39 is 5.56 Å². The maximum absolute atomic E-state index is 12.8. The summed E-state index contributed by atoms with van der Waals surface area (Å²) in [6, 6.07) is 0. The van der Waals surface area contributed by atoms with Crippen LogP contribution in [0.5, 0.6) is 0 Å². The Hall–Kier alpha value is -2.04. The number of carbonyl (C=O) groups excluding carboxylic acids is 1. The highest BCUT2D eigenvalue weighted by Crippen LogP contribution is 2.22. The fraction of sp³-hybridized carbons (Fsp3) is 0.625. The van der Waals surface area contributed by atoms with Gasteiger partial charge in [-0.15, -0.1) is 5.10 Å². The number of hydrogen-bond acceptors (Lipinski definition) is 8. The van der Waals surface area contributed by atoms with Crippen molar-refractivity contribution < 1.29 is 9.53 Å². The van der Waals surface area contributed by atoms with Crippen LogP contribution >= 0.6 is 11.3 Å². The van der Waals surface area contributed by atoms with Crippen LogP contribution in [0.3, 0.4) is 0 Å². The number of amides is 1. The fourth-order valence-corrected chi connectivity index (χ4v) is 4.16. The molecule has 4 heterocycles. The van der Waals surface area contributed by atoms with Crippen LogP contribution in [-0.2, 0) is 4.74 Å². The Morgan fingerprint density at radius 1 is 1.19 bits per heavy atom. The summed E-state index contributed by atoms with van der Waals surface area (Å²) in [4.78, 5) is 36.5. The van der Waals surface area contributed by atoms with E-state index in [1.165, 1.54) is 22.0 Å². The van der Waals surface area contributed by atoms with Crippen LogP contribution in [0.4, 0.5) is 5.13 Å². The normalized spacial score (nSPS) is 19.3. The number of piperazine rings is 1. The van der Waals surface area contributed by atoms with Gasteiger partial charge in [0.25, 0.3) is 11.5 Å². The van der Waals surface area contributed by atoms with Gasteiger partial charge in [-0.05, 0) is 6.54 Å². The lowest BCUT2D eigenvalue weighted by molar-refractivity contribution is 0.0641. The molecule has 0 N–H and O–H groups in total. The molecule has 0 aliphatic carbocycles. The monoisotopic (exact) mass is 378 g/mol. The van der Waals surface area contributed by atoms with Gasteiger partial charge >= 0.3 is 0 Å². The number of carbonyl (C=O) groups is 1. The molecule has 4 rings (SSSR count). The van der Waals surface area contributed by atoms with Crippen molar-refractivity contribution in [1.82, 2.24) is 24.4 Å². The number of likely N-dealkylation sites (N-methyl/N-ethyl adjacent to an activating group) is 1. The molecule has 2 saturated heterocycles. The summed E-state index contributed by atoms with van der Waals surface area (Å²) >= 11 is 1.36. The van der Waals surface area contributed by atoms with Crippen LogP contribution in [-0.4, -0.2) is 89.3 Å². The molecule has 0 atom stereocenters. The van der Waals surface area contributed by atoms with E-state index >= 15 is 0 Å². The van der Waals surface area contributed by atoms with Crippen LogP contribution in [0, 0.1) is 0 Å². The van der Waals surface area contributed by atoms with Crippen LogP contribution in [0.15, 0.2) is 11.0 Å². The van der Waals surface area contributed by atoms with Crippen molar-refractivity contribution >= 4 is 27.3 Å². The predicted octanol–water partition coefficient (Wildman–Crippen LogP) is -0.235. The Kier molecular flexibility index (Phi) is 4.88. The Balaban J connectivity index is 1.59. The number of fused-ring (bicyclic) bond motifs is 1. The molecule has 0 unspecified atom stereocenters. The summed E-state index contributed by atoms with van der Waals surface area (Å²) in [5.41, 5.74) is -0.306. The third kappa shape index (κ3) is 3.19. The molecule has 26 heavy (non-hydrogen) atoms. The largest absolute Gasteiger partial charge is 0.378 e. The zero-order chi connectivity index (χ0) is 18.1. The maximum atomic E-state index is 12.8. The first-order chi connectivity index (χ1) is 12.7. The second kappa shape index (κ2) is 7.29. The van der Waals surface area contributed by atoms with Crippen LogP contribution in [0.2, 0.25) is 0 Å². The lowest BCUT2D eigenvalue weighted by Crippen LogP contribution is -2.49. The van der Waals surface area contributed by atoms with Gasteiger partial charge in [-0.2, -0.15) is 4.52 Å². The van der Waals surface area contributed by atoms with Gasteiger partial charge in [0.15, 0.2) is 0 Å². The van der Waals surface area contributed by atoms with E-state index in [0.717, 1.165) is 37.9 Å². The number of ether oxygens (including phenoxy) is 1. The molecule has 1 amide bonds. The number of rotatable bonds is 3. The van der Waals surface area contributed by atoms with Crippen molar-refractivity contribution in [2.24, 2.45) is 0 Å². The summed E-state index contributed by atoms with van der Waals surface area (Å²) in [6.45, 7) is 8.77. The predicted molar refractivity (Wildman–Crippen MR) is 98.2 cm³/mol. The zero-order valence-electron chi connectivity index (χ0n) is 14.8. The van der Waals surface area contributed by atoms with E-state index in [4.69, 9.17) is 4.74 Å². The highest BCUT2D eigenvalue weighted by Gasteiger charge is 2.25. The molecule has 0 saturated carbocycles. The molecular weight excluding hydrogens is 356 g/mol. The van der Waals surface area contributed by atoms with E-state index in [-0.39, 0.29) is 11.5 Å². The molecule has 9 nitrogen and oxygen atoms in total. The Labute approximate surface area is 154 Å². The summed E-state index contributed by atoms with van der Waals surface area (Å²) < 4.78 is 6.60. The van der Waals surface area contributed by atoms with Crippen LogP contribution in [0.1, 0.15) is 17.3 Å². The average molecular weight is 378 g/mol. The Bertz CT molecular complexity index is 851. The molecule has 2 aromatic rings. The molecule has 0 spiro atoms. The third-order valence-electron chi connectivity index (χ3n) is 4.89. The standard InChI is InChI=1S/C16H22N6O3S/c1-2-19-3-5-20(6-4-19)13(23)12-11-17-15-22(14(12)24)18-16(26-15)21-7-9-25-10-8-21/h11H,2-10H2,1H3. The van der Waals surface area contributed by atoms with E-state index in [0.29, 0.717) is 31.3 Å². The second-order valence-electron chi connectivity index (χ2n) is 6.38. The van der Waals surface area contributed by atoms with Gasteiger partial charge in [0, 0.05) is 45.5 Å². The number of hydrogen-bond donors (Lipinski definition) is 0. The maximum Gasteiger partial charge on any atom is 0.288 e. The van der Waals surface area contributed by atoms with Gasteiger partial charge in [0.1, 0.15) is 5.56 Å². The SMILES string of the molecule is CCN1CCN(C(=O)c2cnc3sc(N4CCOCC4)nn3c2=O)CC1. The molecule has 2 fully saturated rings. The van der Waals surface area contributed by atoms with Gasteiger partial charge in [0.2, 0.25) is 10.1 Å². The number of aromatic nitrogens is 3. The van der Waals surface area contributed by atoms with E-state index in [2.05, 4.69) is 26.8 Å². The topological polar surface area (TPSA) is 83.3 Å². The minimum atomic E-state index is -0.395. The first-order valence-corrected chi connectivity index (χ1v) is 9.72. The third-order valence-corrected chi connectivity index (χ3v) is 5.88. The zero-order valence-corrected chi connectivity index (χ0v) is 15.6. The molecule has 10 heteroatoms. The summed E-state index contributed by atoms with van der Waals surface area (Å²) in [6.07, 6.45) is 1.40. The molecular formula is C16H22N6O3S. The molecule has 0 aromatic carbocycles. The lowest BCUT2D eigenvalue weighted by Gasteiger charge is -2.33. The van der Waals surface area contributed by atoms with Crippen molar-refractivity contribution in [2.45, 2.75) is 6.92 Å². The van der Waals surface area contributed by atoms with Gasteiger partial charge in [-0.1, -0.05) is 18.3 Å². The van der Waals surface area contributed by atoms with Gasteiger partial charge in [-0.25, -0.2) is 4.98 Å². The van der Waals surface area contributed by atoms with Crippen molar-refractivity contribution in [1.29, 1.82) is 0 Å². The number of morpholine rings is 1. The Morgan fingerprint density at radius 3 is 2.62 bits per heavy atom. The minimum absolute atomic E-state index is 0.0891. The number of anilines is 1. The molecule has 0 radical (unpaired) electrons. The summed E-state index contributed by atoms with van der Waals surface area (Å²) in [5, 5.41) is 5.14. The Morgan fingerprint density at radius 2 is 1.92 bits per heavy atom. The van der Waals surface area contributed by atoms with Gasteiger partial charge in [0.05, 0.1) is 13.2 Å². The molecule has 2 aromatic heterocycles. The second-order valence-corrected chi connectivity index (χ2v) is 7.32. The van der Waals surface area contributed by atoms with E-state index in [9.17, 15) is 9.59 Å². The van der Waals surface area contributed by atoms with Gasteiger partial charge < -0.3 is 19.4 Å². The first kappa shape index (κ1) is 17.4. The highest BCUT2D eigenvalue weighted by molar-refractivity contribution is 7.20. The van der Waals surface area contributed by atoms with E-state index in [1.807, 2.05) is 0 Å². The summed E-state index contributed by atoms with van der Waals surface area (Å²) in [5.74, 6) is -0.256. The minimum Gasteiger partial charge on any atom is -0.378 e. The highest BCUT2D eigenvalue weighted by atomic mass is 32.1. The molecule has 2 aliphatic rings.